The highest BCUT2D eigenvalue weighted by molar-refractivity contribution is 7.88. The molecule has 2 fully saturated rings. The smallest absolute Gasteiger partial charge is 0.228 e. The highest BCUT2D eigenvalue weighted by Gasteiger charge is 2.43. The van der Waals surface area contributed by atoms with Crippen molar-refractivity contribution in [1.82, 2.24) is 19.4 Å². The van der Waals surface area contributed by atoms with Crippen LogP contribution in [0.2, 0.25) is 0 Å². The summed E-state index contributed by atoms with van der Waals surface area (Å²) >= 11 is 0. The van der Waals surface area contributed by atoms with E-state index in [2.05, 4.69) is 10.2 Å². The topological polar surface area (TPSA) is 86.7 Å². The Morgan fingerprint density at radius 2 is 1.79 bits per heavy atom. The van der Waals surface area contributed by atoms with Crippen molar-refractivity contribution in [1.29, 1.82) is 0 Å². The van der Waals surface area contributed by atoms with Gasteiger partial charge in [-0.2, -0.15) is 9.40 Å². The summed E-state index contributed by atoms with van der Waals surface area (Å²) in [5.41, 5.74) is 1.30. The highest BCUT2D eigenvalue weighted by Crippen LogP contribution is 2.37. The lowest BCUT2D eigenvalue weighted by atomic mass is 9.87. The first-order valence-corrected chi connectivity index (χ1v) is 14.8. The second kappa shape index (κ2) is 11.4. The molecule has 0 saturated carbocycles. The van der Waals surface area contributed by atoms with Crippen molar-refractivity contribution < 1.29 is 22.0 Å². The minimum Gasteiger partial charge on any atom is -0.354 e. The SMILES string of the molecule is CS(=O)(=O)N1CCN(C(=O)C2CN(c3cccnn3)CC2c2ccc(F)cc2F)CCC1Cc1ccccc1. The molecule has 2 saturated heterocycles. The van der Waals surface area contributed by atoms with Crippen molar-refractivity contribution >= 4 is 21.7 Å². The van der Waals surface area contributed by atoms with Gasteiger partial charge < -0.3 is 9.80 Å². The Morgan fingerprint density at radius 3 is 2.49 bits per heavy atom. The Balaban J connectivity index is 1.40. The molecule has 3 heterocycles. The van der Waals surface area contributed by atoms with Crippen molar-refractivity contribution in [2.45, 2.75) is 24.8 Å². The van der Waals surface area contributed by atoms with E-state index >= 15 is 0 Å². The van der Waals surface area contributed by atoms with Gasteiger partial charge in [-0.15, -0.1) is 5.10 Å². The Kier molecular flexibility index (Phi) is 7.90. The average Bonchev–Trinajstić information content (AvgIpc) is 3.23. The number of anilines is 1. The Morgan fingerprint density at radius 1 is 1.00 bits per heavy atom. The minimum absolute atomic E-state index is 0.177. The van der Waals surface area contributed by atoms with Gasteiger partial charge in [-0.3, -0.25) is 4.79 Å². The summed E-state index contributed by atoms with van der Waals surface area (Å²) in [4.78, 5) is 17.6. The second-order valence-electron chi connectivity index (χ2n) is 10.2. The van der Waals surface area contributed by atoms with Gasteiger partial charge in [0.1, 0.15) is 11.6 Å². The summed E-state index contributed by atoms with van der Waals surface area (Å²) in [7, 11) is -3.51. The van der Waals surface area contributed by atoms with E-state index in [9.17, 15) is 22.0 Å². The molecule has 39 heavy (non-hydrogen) atoms. The van der Waals surface area contributed by atoms with Crippen LogP contribution in [0.3, 0.4) is 0 Å². The van der Waals surface area contributed by atoms with Crippen molar-refractivity contribution in [3.05, 3.63) is 89.6 Å². The molecule has 1 aromatic heterocycles. The fourth-order valence-electron chi connectivity index (χ4n) is 5.76. The number of rotatable bonds is 6. The first-order valence-electron chi connectivity index (χ1n) is 13.0. The van der Waals surface area contributed by atoms with E-state index < -0.39 is 33.5 Å². The van der Waals surface area contributed by atoms with E-state index in [1.165, 1.54) is 22.7 Å². The summed E-state index contributed by atoms with van der Waals surface area (Å²) in [5.74, 6) is -2.13. The van der Waals surface area contributed by atoms with Crippen LogP contribution in [0.1, 0.15) is 23.5 Å². The lowest BCUT2D eigenvalue weighted by Gasteiger charge is -2.27. The third kappa shape index (κ3) is 6.09. The predicted octanol–water partition coefficient (Wildman–Crippen LogP) is 3.08. The van der Waals surface area contributed by atoms with E-state index in [0.717, 1.165) is 11.6 Å². The van der Waals surface area contributed by atoms with Crippen LogP contribution in [-0.2, 0) is 21.2 Å². The van der Waals surface area contributed by atoms with E-state index in [0.29, 0.717) is 38.3 Å². The molecule has 2 aliphatic heterocycles. The summed E-state index contributed by atoms with van der Waals surface area (Å²) in [5, 5.41) is 8.09. The molecule has 5 rings (SSSR count). The summed E-state index contributed by atoms with van der Waals surface area (Å²) in [6.07, 6.45) is 3.77. The van der Waals surface area contributed by atoms with Gasteiger partial charge in [0.25, 0.3) is 0 Å². The van der Waals surface area contributed by atoms with Crippen LogP contribution in [0, 0.1) is 17.6 Å². The molecule has 0 spiro atoms. The van der Waals surface area contributed by atoms with Crippen LogP contribution in [-0.4, -0.2) is 78.7 Å². The zero-order valence-corrected chi connectivity index (χ0v) is 22.5. The normalized spacial score (nSPS) is 22.6. The molecule has 0 radical (unpaired) electrons. The first-order chi connectivity index (χ1) is 18.7. The van der Waals surface area contributed by atoms with E-state index in [1.807, 2.05) is 35.2 Å². The lowest BCUT2D eigenvalue weighted by Crippen LogP contribution is -2.43. The van der Waals surface area contributed by atoms with Gasteiger partial charge in [-0.1, -0.05) is 36.4 Å². The number of amides is 1. The summed E-state index contributed by atoms with van der Waals surface area (Å²) < 4.78 is 55.5. The van der Waals surface area contributed by atoms with Crippen LogP contribution >= 0.6 is 0 Å². The number of hydrogen-bond donors (Lipinski definition) is 0. The number of aromatic nitrogens is 2. The van der Waals surface area contributed by atoms with Crippen LogP contribution in [0.15, 0.2) is 66.9 Å². The molecule has 3 atom stereocenters. The van der Waals surface area contributed by atoms with E-state index in [1.54, 1.807) is 23.2 Å². The molecule has 206 valence electrons. The number of carbonyl (C=O) groups is 1. The number of benzene rings is 2. The van der Waals surface area contributed by atoms with Gasteiger partial charge in [0, 0.05) is 56.9 Å². The maximum absolute atomic E-state index is 14.9. The van der Waals surface area contributed by atoms with Gasteiger partial charge in [-0.25, -0.2) is 17.2 Å². The largest absolute Gasteiger partial charge is 0.354 e. The Hall–Kier alpha value is -3.44. The molecule has 0 aliphatic carbocycles. The molecule has 0 bridgehead atoms. The molecule has 11 heteroatoms. The van der Waals surface area contributed by atoms with Gasteiger partial charge in [-0.05, 0) is 42.2 Å². The Bertz CT molecular complexity index is 1410. The average molecular weight is 556 g/mol. The van der Waals surface area contributed by atoms with Crippen LogP contribution in [0.4, 0.5) is 14.6 Å². The molecule has 1 amide bonds. The number of hydrogen-bond acceptors (Lipinski definition) is 6. The van der Waals surface area contributed by atoms with Gasteiger partial charge in [0.2, 0.25) is 15.9 Å². The van der Waals surface area contributed by atoms with Gasteiger partial charge in [0.05, 0.1) is 12.2 Å². The third-order valence-corrected chi connectivity index (χ3v) is 9.00. The standard InChI is InChI=1S/C28H31F2N5O3S/c1-39(37,38)35-15-14-33(13-11-22(35)16-20-6-3-2-4-7-20)28(36)25-19-34(27-8-5-12-31-32-27)18-24(25)23-10-9-21(29)17-26(23)30/h2-10,12,17,22,24-25H,11,13-16,18-19H2,1H3. The lowest BCUT2D eigenvalue weighted by molar-refractivity contribution is -0.135. The Labute approximate surface area is 227 Å². The molecule has 2 aliphatic rings. The number of halogens is 2. The van der Waals surface area contributed by atoms with Gasteiger partial charge >= 0.3 is 0 Å². The number of carbonyl (C=O) groups excluding carboxylic acids is 1. The maximum atomic E-state index is 14.9. The highest BCUT2D eigenvalue weighted by atomic mass is 32.2. The quantitative estimate of drug-likeness (QED) is 0.465. The second-order valence-corrected chi connectivity index (χ2v) is 12.1. The van der Waals surface area contributed by atoms with Crippen LogP contribution in [0.25, 0.3) is 0 Å². The molecule has 3 aromatic rings. The van der Waals surface area contributed by atoms with Crippen molar-refractivity contribution in [2.75, 3.05) is 43.9 Å². The molecular weight excluding hydrogens is 524 g/mol. The zero-order valence-electron chi connectivity index (χ0n) is 21.7. The zero-order chi connectivity index (χ0) is 27.6. The fraction of sp³-hybridized carbons (Fsp3) is 0.393. The van der Waals surface area contributed by atoms with Crippen LogP contribution < -0.4 is 4.90 Å². The molecule has 3 unspecified atom stereocenters. The predicted molar refractivity (Wildman–Crippen MR) is 144 cm³/mol. The number of nitrogens with zero attached hydrogens (tertiary/aromatic N) is 5. The van der Waals surface area contributed by atoms with Gasteiger partial charge in [0.15, 0.2) is 5.82 Å². The van der Waals surface area contributed by atoms with Crippen molar-refractivity contribution in [3.8, 4) is 0 Å². The third-order valence-electron chi connectivity index (χ3n) is 7.66. The first kappa shape index (κ1) is 27.1. The molecular formula is C28H31F2N5O3S. The number of sulfonamides is 1. The molecule has 0 N–H and O–H groups in total. The molecule has 2 aromatic carbocycles. The van der Waals surface area contributed by atoms with Crippen molar-refractivity contribution in [3.63, 3.8) is 0 Å². The van der Waals surface area contributed by atoms with Crippen molar-refractivity contribution in [2.24, 2.45) is 5.92 Å². The van der Waals surface area contributed by atoms with E-state index in [-0.39, 0.29) is 30.6 Å². The van der Waals surface area contributed by atoms with Crippen LogP contribution in [0.5, 0.6) is 0 Å². The monoisotopic (exact) mass is 555 g/mol. The van der Waals surface area contributed by atoms with E-state index in [4.69, 9.17) is 0 Å². The minimum atomic E-state index is -3.51. The fourth-order valence-corrected chi connectivity index (χ4v) is 6.90. The maximum Gasteiger partial charge on any atom is 0.228 e. The summed E-state index contributed by atoms with van der Waals surface area (Å²) in [6, 6.07) is 16.4. The molecule has 8 nitrogen and oxygen atoms in total. The summed E-state index contributed by atoms with van der Waals surface area (Å²) in [6.45, 7) is 1.40.